The summed E-state index contributed by atoms with van der Waals surface area (Å²) in [4.78, 5) is 17.3. The van der Waals surface area contributed by atoms with Gasteiger partial charge in [-0.05, 0) is 6.42 Å². The number of anilines is 1. The molecule has 1 heterocycles. The van der Waals surface area contributed by atoms with E-state index in [0.29, 0.717) is 6.61 Å². The molecule has 0 unspecified atom stereocenters. The number of nitrogen functional groups attached to an aromatic ring is 1. The zero-order valence-electron chi connectivity index (χ0n) is 9.05. The fourth-order valence-corrected chi connectivity index (χ4v) is 1.13. The lowest BCUT2D eigenvalue weighted by Crippen LogP contribution is -2.05. The van der Waals surface area contributed by atoms with Crippen molar-refractivity contribution in [3.8, 4) is 5.88 Å². The Morgan fingerprint density at radius 2 is 2.31 bits per heavy atom. The molecule has 0 saturated carbocycles. The summed E-state index contributed by atoms with van der Waals surface area (Å²) in [7, 11) is 0. The van der Waals surface area contributed by atoms with Gasteiger partial charge in [0.05, 0.1) is 11.5 Å². The zero-order chi connectivity index (χ0) is 12.0. The van der Waals surface area contributed by atoms with Gasteiger partial charge in [0, 0.05) is 0 Å². The highest BCUT2D eigenvalue weighted by Crippen LogP contribution is 2.23. The summed E-state index contributed by atoms with van der Waals surface area (Å²) in [5.74, 6) is -0.0929. The number of hydrogen-bond donors (Lipinski definition) is 1. The Labute approximate surface area is 92.8 Å². The molecule has 0 atom stereocenters. The molecule has 0 saturated heterocycles. The van der Waals surface area contributed by atoms with Crippen LogP contribution in [-0.4, -0.2) is 21.5 Å². The second-order valence-corrected chi connectivity index (χ2v) is 3.23. The van der Waals surface area contributed by atoms with E-state index in [0.717, 1.165) is 25.5 Å². The third-order valence-corrected chi connectivity index (χ3v) is 1.94. The number of ether oxygens (including phenoxy) is 1. The Morgan fingerprint density at radius 3 is 2.94 bits per heavy atom. The van der Waals surface area contributed by atoms with E-state index in [4.69, 9.17) is 10.5 Å². The van der Waals surface area contributed by atoms with Crippen LogP contribution in [0.1, 0.15) is 26.2 Å². The minimum absolute atomic E-state index is 0.0314. The van der Waals surface area contributed by atoms with Crippen LogP contribution in [0.25, 0.3) is 0 Å². The number of nitro groups is 1. The number of aromatic nitrogens is 2. The van der Waals surface area contributed by atoms with Crippen molar-refractivity contribution in [3.63, 3.8) is 0 Å². The van der Waals surface area contributed by atoms with Crippen LogP contribution in [0.3, 0.4) is 0 Å². The molecule has 0 aliphatic heterocycles. The third kappa shape index (κ3) is 3.34. The van der Waals surface area contributed by atoms with Crippen LogP contribution in [0.15, 0.2) is 6.20 Å². The van der Waals surface area contributed by atoms with Gasteiger partial charge in [-0.25, -0.2) is 4.98 Å². The van der Waals surface area contributed by atoms with Crippen molar-refractivity contribution in [2.24, 2.45) is 0 Å². The monoisotopic (exact) mass is 226 g/mol. The molecule has 1 aromatic rings. The molecule has 0 amide bonds. The molecule has 16 heavy (non-hydrogen) atoms. The standard InChI is InChI=1S/C9H14N4O3/c1-2-3-4-5-16-8-7(13(14)15)6-11-9(10)12-8/h6H,2-5H2,1H3,(H2,10,11,12). The lowest BCUT2D eigenvalue weighted by atomic mass is 10.3. The van der Waals surface area contributed by atoms with E-state index in [1.54, 1.807) is 0 Å². The normalized spacial score (nSPS) is 10.1. The van der Waals surface area contributed by atoms with Gasteiger partial charge in [0.15, 0.2) is 0 Å². The lowest BCUT2D eigenvalue weighted by Gasteiger charge is -2.04. The van der Waals surface area contributed by atoms with Crippen LogP contribution in [0.2, 0.25) is 0 Å². The average molecular weight is 226 g/mol. The minimum atomic E-state index is -0.589. The summed E-state index contributed by atoms with van der Waals surface area (Å²) in [6, 6.07) is 0. The number of nitrogens with two attached hydrogens (primary N) is 1. The molecule has 0 aliphatic rings. The van der Waals surface area contributed by atoms with Gasteiger partial charge in [0.25, 0.3) is 5.88 Å². The van der Waals surface area contributed by atoms with Crippen molar-refractivity contribution in [2.45, 2.75) is 26.2 Å². The molecule has 0 spiro atoms. The van der Waals surface area contributed by atoms with E-state index in [1.165, 1.54) is 0 Å². The van der Waals surface area contributed by atoms with Gasteiger partial charge in [0.2, 0.25) is 5.95 Å². The highest BCUT2D eigenvalue weighted by molar-refractivity contribution is 5.41. The molecule has 7 heteroatoms. The number of unbranched alkanes of at least 4 members (excludes halogenated alkanes) is 2. The SMILES string of the molecule is CCCCCOc1nc(N)ncc1[N+](=O)[O-]. The molecule has 0 aliphatic carbocycles. The second-order valence-electron chi connectivity index (χ2n) is 3.23. The molecule has 2 N–H and O–H groups in total. The van der Waals surface area contributed by atoms with Crippen LogP contribution < -0.4 is 10.5 Å². The molecule has 88 valence electrons. The number of nitrogens with zero attached hydrogens (tertiary/aromatic N) is 3. The van der Waals surface area contributed by atoms with E-state index in [9.17, 15) is 10.1 Å². The molecule has 0 aromatic carbocycles. The van der Waals surface area contributed by atoms with Gasteiger partial charge in [0.1, 0.15) is 6.20 Å². The molecular weight excluding hydrogens is 212 g/mol. The van der Waals surface area contributed by atoms with E-state index in [-0.39, 0.29) is 17.5 Å². The van der Waals surface area contributed by atoms with Gasteiger partial charge >= 0.3 is 5.69 Å². The maximum absolute atomic E-state index is 10.6. The topological polar surface area (TPSA) is 104 Å². The van der Waals surface area contributed by atoms with Crippen LogP contribution in [-0.2, 0) is 0 Å². The van der Waals surface area contributed by atoms with E-state index >= 15 is 0 Å². The fraction of sp³-hybridized carbons (Fsp3) is 0.556. The van der Waals surface area contributed by atoms with Crippen LogP contribution in [0.4, 0.5) is 11.6 Å². The van der Waals surface area contributed by atoms with Gasteiger partial charge in [-0.15, -0.1) is 0 Å². The quantitative estimate of drug-likeness (QED) is 0.448. The Bertz CT molecular complexity index is 370. The number of rotatable bonds is 6. The van der Waals surface area contributed by atoms with Gasteiger partial charge < -0.3 is 10.5 Å². The van der Waals surface area contributed by atoms with Crippen molar-refractivity contribution < 1.29 is 9.66 Å². The first-order chi connectivity index (χ1) is 7.65. The largest absolute Gasteiger partial charge is 0.473 e. The first kappa shape index (κ1) is 12.2. The molecular formula is C9H14N4O3. The predicted octanol–water partition coefficient (Wildman–Crippen LogP) is 1.54. The lowest BCUT2D eigenvalue weighted by molar-refractivity contribution is -0.386. The molecule has 0 bridgehead atoms. The highest BCUT2D eigenvalue weighted by Gasteiger charge is 2.17. The summed E-state index contributed by atoms with van der Waals surface area (Å²) in [6.45, 7) is 2.45. The van der Waals surface area contributed by atoms with Crippen LogP contribution in [0, 0.1) is 10.1 Å². The van der Waals surface area contributed by atoms with Crippen LogP contribution in [0.5, 0.6) is 5.88 Å². The van der Waals surface area contributed by atoms with Crippen molar-refractivity contribution in [1.29, 1.82) is 0 Å². The summed E-state index contributed by atoms with van der Waals surface area (Å²) in [5, 5.41) is 10.6. The van der Waals surface area contributed by atoms with Gasteiger partial charge in [-0.3, -0.25) is 10.1 Å². The minimum Gasteiger partial charge on any atom is -0.473 e. The molecule has 1 rings (SSSR count). The molecule has 0 radical (unpaired) electrons. The Hall–Kier alpha value is -1.92. The summed E-state index contributed by atoms with van der Waals surface area (Å²) in [5.41, 5.74) is 5.07. The average Bonchev–Trinajstić information content (AvgIpc) is 2.24. The second kappa shape index (κ2) is 5.84. The van der Waals surface area contributed by atoms with Crippen LogP contribution >= 0.6 is 0 Å². The molecule has 1 aromatic heterocycles. The van der Waals surface area contributed by atoms with Gasteiger partial charge in [-0.1, -0.05) is 19.8 Å². The summed E-state index contributed by atoms with van der Waals surface area (Å²) in [6.07, 6.45) is 3.95. The van der Waals surface area contributed by atoms with Crippen molar-refractivity contribution in [3.05, 3.63) is 16.3 Å². The predicted molar refractivity (Wildman–Crippen MR) is 58.1 cm³/mol. The fourth-order valence-electron chi connectivity index (χ4n) is 1.13. The molecule has 7 nitrogen and oxygen atoms in total. The Balaban J connectivity index is 2.68. The maximum atomic E-state index is 10.6. The summed E-state index contributed by atoms with van der Waals surface area (Å²) >= 11 is 0. The molecule has 0 fully saturated rings. The van der Waals surface area contributed by atoms with Crippen molar-refractivity contribution in [2.75, 3.05) is 12.3 Å². The first-order valence-electron chi connectivity index (χ1n) is 5.05. The Morgan fingerprint density at radius 1 is 1.56 bits per heavy atom. The smallest absolute Gasteiger partial charge is 0.349 e. The van der Waals surface area contributed by atoms with Crippen molar-refractivity contribution >= 4 is 11.6 Å². The highest BCUT2D eigenvalue weighted by atomic mass is 16.6. The number of hydrogen-bond acceptors (Lipinski definition) is 6. The Kier molecular flexibility index (Phi) is 4.43. The van der Waals surface area contributed by atoms with Gasteiger partial charge in [-0.2, -0.15) is 4.98 Å². The zero-order valence-corrected chi connectivity index (χ0v) is 9.05. The third-order valence-electron chi connectivity index (χ3n) is 1.94. The van der Waals surface area contributed by atoms with E-state index < -0.39 is 4.92 Å². The van der Waals surface area contributed by atoms with E-state index in [1.807, 2.05) is 0 Å². The first-order valence-corrected chi connectivity index (χ1v) is 5.05. The van der Waals surface area contributed by atoms with E-state index in [2.05, 4.69) is 16.9 Å². The maximum Gasteiger partial charge on any atom is 0.349 e. The van der Waals surface area contributed by atoms with Crippen molar-refractivity contribution in [1.82, 2.24) is 9.97 Å². The summed E-state index contributed by atoms with van der Waals surface area (Å²) < 4.78 is 5.21.